The largest absolute Gasteiger partial charge is 0.343 e. The highest BCUT2D eigenvalue weighted by atomic mass is 79.9. The van der Waals surface area contributed by atoms with E-state index >= 15 is 0 Å². The van der Waals surface area contributed by atoms with E-state index in [1.807, 2.05) is 0 Å². The molecule has 0 saturated carbocycles. The first-order valence-electron chi connectivity index (χ1n) is 6.29. The van der Waals surface area contributed by atoms with Gasteiger partial charge in [0.05, 0.1) is 12.1 Å². The Hall–Kier alpha value is -1.47. The van der Waals surface area contributed by atoms with Crippen LogP contribution < -0.4 is 10.6 Å². The summed E-state index contributed by atoms with van der Waals surface area (Å²) in [6.07, 6.45) is 0. The molecular weight excluding hydrogens is 329 g/mol. The maximum atomic E-state index is 13.5. The Balaban J connectivity index is 1.91. The molecule has 7 heteroatoms. The van der Waals surface area contributed by atoms with Crippen LogP contribution in [-0.4, -0.2) is 49.4 Å². The molecule has 108 valence electrons. The molecule has 1 aliphatic heterocycles. The van der Waals surface area contributed by atoms with Gasteiger partial charge in [0.25, 0.3) is 5.91 Å². The van der Waals surface area contributed by atoms with Crippen molar-refractivity contribution in [1.29, 1.82) is 0 Å². The molecule has 1 aromatic rings. The van der Waals surface area contributed by atoms with E-state index in [1.165, 1.54) is 18.2 Å². The Morgan fingerprint density at radius 2 is 2.05 bits per heavy atom. The highest BCUT2D eigenvalue weighted by Gasteiger charge is 2.18. The van der Waals surface area contributed by atoms with Crippen LogP contribution in [0.25, 0.3) is 0 Å². The van der Waals surface area contributed by atoms with E-state index in [2.05, 4.69) is 26.6 Å². The fraction of sp³-hybridized carbons (Fsp3) is 0.385. The molecule has 1 aromatic carbocycles. The Morgan fingerprint density at radius 1 is 1.35 bits per heavy atom. The Kier molecular flexibility index (Phi) is 5.08. The van der Waals surface area contributed by atoms with Crippen LogP contribution in [0.1, 0.15) is 10.4 Å². The lowest BCUT2D eigenvalue weighted by atomic mass is 10.2. The maximum absolute atomic E-state index is 13.5. The second-order valence-electron chi connectivity index (χ2n) is 4.44. The molecule has 0 aromatic heterocycles. The molecule has 0 unspecified atom stereocenters. The lowest BCUT2D eigenvalue weighted by molar-refractivity contribution is -0.130. The first-order chi connectivity index (χ1) is 9.58. The summed E-state index contributed by atoms with van der Waals surface area (Å²) in [5.41, 5.74) is -0.0764. The van der Waals surface area contributed by atoms with Gasteiger partial charge >= 0.3 is 0 Å². The number of rotatable bonds is 3. The van der Waals surface area contributed by atoms with Gasteiger partial charge in [-0.2, -0.15) is 0 Å². The van der Waals surface area contributed by atoms with Gasteiger partial charge in [-0.15, -0.1) is 0 Å². The molecule has 1 saturated heterocycles. The number of amides is 2. The lowest BCUT2D eigenvalue weighted by Gasteiger charge is -2.27. The molecule has 20 heavy (non-hydrogen) atoms. The van der Waals surface area contributed by atoms with Crippen LogP contribution in [0.2, 0.25) is 0 Å². The maximum Gasteiger partial charge on any atom is 0.254 e. The summed E-state index contributed by atoms with van der Waals surface area (Å²) in [6, 6.07) is 4.11. The summed E-state index contributed by atoms with van der Waals surface area (Å²) >= 11 is 3.18. The van der Waals surface area contributed by atoms with E-state index in [4.69, 9.17) is 0 Å². The molecule has 1 fully saturated rings. The summed E-state index contributed by atoms with van der Waals surface area (Å²) < 4.78 is 14.1. The van der Waals surface area contributed by atoms with Gasteiger partial charge in [-0.25, -0.2) is 4.39 Å². The SMILES string of the molecule is O=C(NCC(=O)N1CCNCC1)c1cc(Br)ccc1F. The zero-order chi connectivity index (χ0) is 14.5. The average Bonchev–Trinajstić information content (AvgIpc) is 2.47. The highest BCUT2D eigenvalue weighted by molar-refractivity contribution is 9.10. The number of carbonyl (C=O) groups excluding carboxylic acids is 2. The van der Waals surface area contributed by atoms with Gasteiger partial charge in [-0.05, 0) is 18.2 Å². The molecule has 2 amide bonds. The number of carbonyl (C=O) groups is 2. The third-order valence-corrected chi connectivity index (χ3v) is 3.54. The predicted molar refractivity (Wildman–Crippen MR) is 75.9 cm³/mol. The molecule has 2 N–H and O–H groups in total. The van der Waals surface area contributed by atoms with Crippen LogP contribution >= 0.6 is 15.9 Å². The van der Waals surface area contributed by atoms with Crippen LogP contribution in [0, 0.1) is 5.82 Å². The van der Waals surface area contributed by atoms with Crippen molar-refractivity contribution in [2.24, 2.45) is 0 Å². The van der Waals surface area contributed by atoms with E-state index in [0.29, 0.717) is 17.6 Å². The quantitative estimate of drug-likeness (QED) is 0.851. The second-order valence-corrected chi connectivity index (χ2v) is 5.35. The van der Waals surface area contributed by atoms with Gasteiger partial charge in [0.15, 0.2) is 0 Å². The van der Waals surface area contributed by atoms with E-state index in [1.54, 1.807) is 4.90 Å². The molecule has 0 radical (unpaired) electrons. The zero-order valence-corrected chi connectivity index (χ0v) is 12.4. The smallest absolute Gasteiger partial charge is 0.254 e. The number of nitrogens with one attached hydrogen (secondary N) is 2. The van der Waals surface area contributed by atoms with Crippen molar-refractivity contribution in [3.8, 4) is 0 Å². The number of piperazine rings is 1. The number of hydrogen-bond acceptors (Lipinski definition) is 3. The Morgan fingerprint density at radius 3 is 2.75 bits per heavy atom. The first kappa shape index (κ1) is 14.9. The summed E-state index contributed by atoms with van der Waals surface area (Å²) in [5.74, 6) is -1.36. The van der Waals surface area contributed by atoms with Crippen molar-refractivity contribution in [1.82, 2.24) is 15.5 Å². The van der Waals surface area contributed by atoms with Gasteiger partial charge in [0.2, 0.25) is 5.91 Å². The van der Waals surface area contributed by atoms with Crippen molar-refractivity contribution in [2.75, 3.05) is 32.7 Å². The molecule has 0 aliphatic carbocycles. The predicted octanol–water partition coefficient (Wildman–Crippen LogP) is 0.750. The number of halogens is 2. The molecule has 1 heterocycles. The van der Waals surface area contributed by atoms with Crippen LogP contribution in [0.4, 0.5) is 4.39 Å². The van der Waals surface area contributed by atoms with Gasteiger partial charge in [0.1, 0.15) is 5.82 Å². The molecule has 0 atom stereocenters. The molecule has 0 bridgehead atoms. The monoisotopic (exact) mass is 343 g/mol. The third kappa shape index (κ3) is 3.77. The number of benzene rings is 1. The fourth-order valence-electron chi connectivity index (χ4n) is 1.95. The summed E-state index contributed by atoms with van der Waals surface area (Å²) in [6.45, 7) is 2.63. The minimum atomic E-state index is -0.611. The molecule has 2 rings (SSSR count). The lowest BCUT2D eigenvalue weighted by Crippen LogP contribution is -2.49. The minimum Gasteiger partial charge on any atom is -0.343 e. The highest BCUT2D eigenvalue weighted by Crippen LogP contribution is 2.15. The van der Waals surface area contributed by atoms with E-state index in [0.717, 1.165) is 13.1 Å². The van der Waals surface area contributed by atoms with Crippen LogP contribution in [-0.2, 0) is 4.79 Å². The van der Waals surface area contributed by atoms with Crippen LogP contribution in [0.3, 0.4) is 0 Å². The zero-order valence-electron chi connectivity index (χ0n) is 10.8. The van der Waals surface area contributed by atoms with Gasteiger partial charge < -0.3 is 15.5 Å². The topological polar surface area (TPSA) is 61.4 Å². The van der Waals surface area contributed by atoms with Crippen molar-refractivity contribution in [2.45, 2.75) is 0 Å². The van der Waals surface area contributed by atoms with E-state index in [-0.39, 0.29) is 18.0 Å². The Labute approximate surface area is 124 Å². The third-order valence-electron chi connectivity index (χ3n) is 3.04. The van der Waals surface area contributed by atoms with Crippen LogP contribution in [0.15, 0.2) is 22.7 Å². The van der Waals surface area contributed by atoms with E-state index < -0.39 is 11.7 Å². The van der Waals surface area contributed by atoms with Crippen molar-refractivity contribution in [3.63, 3.8) is 0 Å². The van der Waals surface area contributed by atoms with Crippen molar-refractivity contribution in [3.05, 3.63) is 34.1 Å². The number of nitrogens with zero attached hydrogens (tertiary/aromatic N) is 1. The summed E-state index contributed by atoms with van der Waals surface area (Å²) in [5, 5.41) is 5.59. The standard InChI is InChI=1S/C13H15BrFN3O2/c14-9-1-2-11(15)10(7-9)13(20)17-8-12(19)18-5-3-16-4-6-18/h1-2,7,16H,3-6,8H2,(H,17,20). The van der Waals surface area contributed by atoms with Crippen molar-refractivity contribution < 1.29 is 14.0 Å². The molecular formula is C13H15BrFN3O2. The second kappa shape index (κ2) is 6.81. The van der Waals surface area contributed by atoms with Gasteiger partial charge in [-0.3, -0.25) is 9.59 Å². The molecule has 5 nitrogen and oxygen atoms in total. The summed E-state index contributed by atoms with van der Waals surface area (Å²) in [4.78, 5) is 25.4. The van der Waals surface area contributed by atoms with Gasteiger partial charge in [-0.1, -0.05) is 15.9 Å². The molecule has 1 aliphatic rings. The Bertz CT molecular complexity index is 518. The minimum absolute atomic E-state index is 0.0764. The van der Waals surface area contributed by atoms with Crippen LogP contribution in [0.5, 0.6) is 0 Å². The van der Waals surface area contributed by atoms with E-state index in [9.17, 15) is 14.0 Å². The van der Waals surface area contributed by atoms with Gasteiger partial charge in [0, 0.05) is 30.7 Å². The van der Waals surface area contributed by atoms with Crippen molar-refractivity contribution >= 4 is 27.7 Å². The fourth-order valence-corrected chi connectivity index (χ4v) is 2.31. The average molecular weight is 344 g/mol. The summed E-state index contributed by atoms with van der Waals surface area (Å²) in [7, 11) is 0. The molecule has 0 spiro atoms. The first-order valence-corrected chi connectivity index (χ1v) is 7.09. The number of hydrogen-bond donors (Lipinski definition) is 2. The normalized spacial score (nSPS) is 15.0.